The van der Waals surface area contributed by atoms with Crippen molar-refractivity contribution in [2.45, 2.75) is 44.4 Å². The van der Waals surface area contributed by atoms with E-state index < -0.39 is 15.9 Å². The van der Waals surface area contributed by atoms with Gasteiger partial charge in [0.25, 0.3) is 0 Å². The number of rotatable bonds is 8. The van der Waals surface area contributed by atoms with E-state index in [0.29, 0.717) is 22.9 Å². The van der Waals surface area contributed by atoms with E-state index in [9.17, 15) is 13.2 Å². The number of hydrogen-bond acceptors (Lipinski definition) is 4. The van der Waals surface area contributed by atoms with Crippen molar-refractivity contribution >= 4 is 49.3 Å². The molecule has 34 heavy (non-hydrogen) atoms. The largest absolute Gasteiger partial charge is 0.309 e. The number of para-hydroxylation sites is 1. The van der Waals surface area contributed by atoms with Crippen molar-refractivity contribution in [1.29, 1.82) is 0 Å². The lowest BCUT2D eigenvalue weighted by molar-refractivity contribution is -0.116. The number of nitrogens with zero attached hydrogens (tertiary/aromatic N) is 3. The van der Waals surface area contributed by atoms with Crippen molar-refractivity contribution in [3.05, 3.63) is 69.8 Å². The number of amides is 1. The Balaban J connectivity index is 1.91. The number of nitrogens with one attached hydrogen (secondary N) is 1. The van der Waals surface area contributed by atoms with E-state index in [-0.39, 0.29) is 23.4 Å². The highest BCUT2D eigenvalue weighted by molar-refractivity contribution is 9.10. The van der Waals surface area contributed by atoms with E-state index in [2.05, 4.69) is 26.3 Å². The fourth-order valence-electron chi connectivity index (χ4n) is 3.28. The monoisotopic (exact) mass is 566 g/mol. The number of hydrogen-bond donors (Lipinski definition) is 1. The summed E-state index contributed by atoms with van der Waals surface area (Å²) in [7, 11) is -3.85. The van der Waals surface area contributed by atoms with E-state index in [4.69, 9.17) is 11.6 Å². The van der Waals surface area contributed by atoms with Crippen LogP contribution >= 0.6 is 27.5 Å². The Morgan fingerprint density at radius 3 is 2.38 bits per heavy atom. The second-order valence-corrected chi connectivity index (χ2v) is 12.1. The Morgan fingerprint density at radius 2 is 1.79 bits per heavy atom. The maximum Gasteiger partial charge on any atom is 0.243 e. The van der Waals surface area contributed by atoms with Crippen LogP contribution in [0.15, 0.2) is 64.0 Å². The molecule has 0 atom stereocenters. The molecule has 1 aromatic heterocycles. The van der Waals surface area contributed by atoms with Crippen molar-refractivity contribution in [1.82, 2.24) is 14.1 Å². The van der Waals surface area contributed by atoms with Crippen LogP contribution in [0.3, 0.4) is 0 Å². The van der Waals surface area contributed by atoms with Gasteiger partial charge in [-0.3, -0.25) is 4.79 Å². The van der Waals surface area contributed by atoms with Gasteiger partial charge in [0.15, 0.2) is 0 Å². The number of halogens is 2. The lowest BCUT2D eigenvalue weighted by atomic mass is 9.92. The van der Waals surface area contributed by atoms with Gasteiger partial charge < -0.3 is 5.32 Å². The van der Waals surface area contributed by atoms with Gasteiger partial charge in [-0.05, 0) is 42.8 Å². The van der Waals surface area contributed by atoms with Gasteiger partial charge in [-0.2, -0.15) is 9.40 Å². The van der Waals surface area contributed by atoms with Gasteiger partial charge in [0.2, 0.25) is 15.9 Å². The molecule has 3 aromatic rings. The molecule has 0 radical (unpaired) electrons. The summed E-state index contributed by atoms with van der Waals surface area (Å²) in [5, 5.41) is 7.99. The highest BCUT2D eigenvalue weighted by atomic mass is 79.9. The van der Waals surface area contributed by atoms with Gasteiger partial charge in [-0.1, -0.05) is 67.4 Å². The van der Waals surface area contributed by atoms with E-state index in [1.807, 2.05) is 39.8 Å². The molecule has 0 unspecified atom stereocenters. The molecule has 0 saturated carbocycles. The molecule has 0 bridgehead atoms. The third-order valence-corrected chi connectivity index (χ3v) is 7.78. The third-order valence-electron chi connectivity index (χ3n) is 5.07. The number of aromatic nitrogens is 2. The summed E-state index contributed by atoms with van der Waals surface area (Å²) in [4.78, 5) is 13.2. The standard InChI is InChI=1S/C24H28BrClN4O3S/c1-5-14-29(34(32,33)18-12-10-17(25)11-13-18)16-23(31)27-22-15-21(24(2,3)4)28-30(22)20-9-7-6-8-19(20)26/h6-13,15H,5,14,16H2,1-4H3,(H,27,31). The lowest BCUT2D eigenvalue weighted by Gasteiger charge is -2.21. The van der Waals surface area contributed by atoms with Gasteiger partial charge >= 0.3 is 0 Å². The highest BCUT2D eigenvalue weighted by Crippen LogP contribution is 2.29. The molecular formula is C24H28BrClN4O3S. The minimum Gasteiger partial charge on any atom is -0.309 e. The van der Waals surface area contributed by atoms with Crippen LogP contribution in [0, 0.1) is 0 Å². The number of carbonyl (C=O) groups is 1. The number of carbonyl (C=O) groups excluding carboxylic acids is 1. The summed E-state index contributed by atoms with van der Waals surface area (Å²) >= 11 is 9.70. The van der Waals surface area contributed by atoms with Crippen LogP contribution in [0.1, 0.15) is 39.8 Å². The first-order valence-electron chi connectivity index (χ1n) is 10.8. The SMILES string of the molecule is CCCN(CC(=O)Nc1cc(C(C)(C)C)nn1-c1ccccc1Cl)S(=O)(=O)c1ccc(Br)cc1. The van der Waals surface area contributed by atoms with Gasteiger partial charge in [0.1, 0.15) is 5.82 Å². The summed E-state index contributed by atoms with van der Waals surface area (Å²) in [6.07, 6.45) is 0.564. The fraction of sp³-hybridized carbons (Fsp3) is 0.333. The molecule has 1 N–H and O–H groups in total. The molecule has 0 aliphatic carbocycles. The average molecular weight is 568 g/mol. The number of sulfonamides is 1. The van der Waals surface area contributed by atoms with Crippen LogP contribution in [0.2, 0.25) is 5.02 Å². The quantitative estimate of drug-likeness (QED) is 0.383. The summed E-state index contributed by atoms with van der Waals surface area (Å²) in [6.45, 7) is 7.81. The van der Waals surface area contributed by atoms with Gasteiger partial charge in [0, 0.05) is 22.5 Å². The van der Waals surface area contributed by atoms with Crippen molar-refractivity contribution in [2.24, 2.45) is 0 Å². The van der Waals surface area contributed by atoms with E-state index in [1.165, 1.54) is 16.4 Å². The van der Waals surface area contributed by atoms with Crippen LogP contribution < -0.4 is 5.32 Å². The molecule has 10 heteroatoms. The van der Waals surface area contributed by atoms with Crippen LogP contribution in [0.5, 0.6) is 0 Å². The van der Waals surface area contributed by atoms with E-state index in [0.717, 1.165) is 10.2 Å². The fourth-order valence-corrected chi connectivity index (χ4v) is 5.24. The molecule has 182 valence electrons. The van der Waals surface area contributed by atoms with E-state index in [1.54, 1.807) is 35.0 Å². The molecule has 1 amide bonds. The van der Waals surface area contributed by atoms with Crippen LogP contribution in [-0.4, -0.2) is 41.5 Å². The second kappa shape index (κ2) is 10.6. The van der Waals surface area contributed by atoms with E-state index >= 15 is 0 Å². The summed E-state index contributed by atoms with van der Waals surface area (Å²) < 4.78 is 29.9. The van der Waals surface area contributed by atoms with Crippen LogP contribution in [-0.2, 0) is 20.2 Å². The molecule has 0 spiro atoms. The Bertz CT molecular complexity index is 1270. The second-order valence-electron chi connectivity index (χ2n) is 8.87. The molecule has 2 aromatic carbocycles. The summed E-state index contributed by atoms with van der Waals surface area (Å²) in [6, 6.07) is 15.3. The Hall–Kier alpha value is -2.20. The zero-order valence-corrected chi connectivity index (χ0v) is 22.7. The summed E-state index contributed by atoms with van der Waals surface area (Å²) in [5.41, 5.74) is 1.10. The molecule has 1 heterocycles. The van der Waals surface area contributed by atoms with Crippen molar-refractivity contribution in [3.8, 4) is 5.69 Å². The first-order valence-corrected chi connectivity index (χ1v) is 13.5. The minimum atomic E-state index is -3.85. The maximum atomic E-state index is 13.2. The molecule has 0 saturated heterocycles. The molecule has 0 aliphatic heterocycles. The van der Waals surface area contributed by atoms with Crippen molar-refractivity contribution in [3.63, 3.8) is 0 Å². The summed E-state index contributed by atoms with van der Waals surface area (Å²) in [5.74, 6) is -0.0525. The van der Waals surface area contributed by atoms with Gasteiger partial charge in [0.05, 0.1) is 27.8 Å². The smallest absolute Gasteiger partial charge is 0.243 e. The third kappa shape index (κ3) is 6.07. The molecule has 7 nitrogen and oxygen atoms in total. The van der Waals surface area contributed by atoms with Gasteiger partial charge in [-0.15, -0.1) is 0 Å². The Labute approximate surface area is 214 Å². The Morgan fingerprint density at radius 1 is 1.15 bits per heavy atom. The minimum absolute atomic E-state index is 0.132. The Kier molecular flexibility index (Phi) is 8.23. The predicted molar refractivity (Wildman–Crippen MR) is 139 cm³/mol. The molecular weight excluding hydrogens is 540 g/mol. The number of benzene rings is 2. The molecule has 0 fully saturated rings. The first-order chi connectivity index (χ1) is 15.9. The highest BCUT2D eigenvalue weighted by Gasteiger charge is 2.27. The van der Waals surface area contributed by atoms with Crippen molar-refractivity contribution < 1.29 is 13.2 Å². The lowest BCUT2D eigenvalue weighted by Crippen LogP contribution is -2.38. The number of anilines is 1. The van der Waals surface area contributed by atoms with Gasteiger partial charge in [-0.25, -0.2) is 13.1 Å². The maximum absolute atomic E-state index is 13.2. The molecule has 3 rings (SSSR count). The average Bonchev–Trinajstić information content (AvgIpc) is 3.18. The van der Waals surface area contributed by atoms with Crippen molar-refractivity contribution in [2.75, 3.05) is 18.4 Å². The first kappa shape index (κ1) is 26.4. The predicted octanol–water partition coefficient (Wildman–Crippen LogP) is 5.63. The topological polar surface area (TPSA) is 84.3 Å². The molecule has 0 aliphatic rings. The zero-order valence-electron chi connectivity index (χ0n) is 19.5. The normalized spacial score (nSPS) is 12.2. The zero-order chi connectivity index (χ0) is 25.1. The van der Waals surface area contributed by atoms with Crippen LogP contribution in [0.25, 0.3) is 5.69 Å². The van der Waals surface area contributed by atoms with Crippen LogP contribution in [0.4, 0.5) is 5.82 Å².